The molecule has 0 aromatic rings. The van der Waals surface area contributed by atoms with E-state index in [1.54, 1.807) is 0 Å². The molecular formula is C14H30O3. The summed E-state index contributed by atoms with van der Waals surface area (Å²) in [6, 6.07) is 0. The summed E-state index contributed by atoms with van der Waals surface area (Å²) in [6.07, 6.45) is 9.54. The van der Waals surface area contributed by atoms with Crippen LogP contribution in [0.1, 0.15) is 72.1 Å². The number of carbonyl (C=O) groups is 1. The maximum Gasteiger partial charge on any atom is 0.302 e. The van der Waals surface area contributed by atoms with Crippen molar-refractivity contribution in [2.75, 3.05) is 13.2 Å². The molecule has 0 rings (SSSR count). The van der Waals surface area contributed by atoms with Gasteiger partial charge in [0, 0.05) is 13.5 Å². The molecule has 104 valence electrons. The largest absolute Gasteiger partial charge is 0.466 e. The maximum absolute atomic E-state index is 10.1. The highest BCUT2D eigenvalue weighted by Crippen LogP contribution is 2.03. The van der Waals surface area contributed by atoms with Gasteiger partial charge in [0.2, 0.25) is 0 Å². The lowest BCUT2D eigenvalue weighted by atomic mass is 10.1. The van der Waals surface area contributed by atoms with Crippen molar-refractivity contribution in [1.29, 1.82) is 0 Å². The summed E-state index contributed by atoms with van der Waals surface area (Å²) in [6.45, 7) is 6.64. The van der Waals surface area contributed by atoms with Gasteiger partial charge in [0.25, 0.3) is 0 Å². The zero-order valence-electron chi connectivity index (χ0n) is 11.8. The minimum atomic E-state index is -0.182. The number of unbranched alkanes of at least 4 members (excludes halogenated alkanes) is 6. The summed E-state index contributed by atoms with van der Waals surface area (Å²) in [7, 11) is 0. The number of aliphatic hydroxyl groups is 1. The molecule has 0 fully saturated rings. The van der Waals surface area contributed by atoms with Gasteiger partial charge >= 0.3 is 5.97 Å². The molecule has 0 spiro atoms. The quantitative estimate of drug-likeness (QED) is 0.498. The molecule has 0 aliphatic heterocycles. The molecule has 0 heterocycles. The molecule has 0 aromatic heterocycles. The third-order valence-corrected chi connectivity index (χ3v) is 2.31. The normalized spacial score (nSPS) is 9.41. The Morgan fingerprint density at radius 1 is 0.941 bits per heavy atom. The van der Waals surface area contributed by atoms with Crippen LogP contribution in [0.3, 0.4) is 0 Å². The number of ether oxygens (including phenoxy) is 1. The molecule has 3 nitrogen and oxygen atoms in total. The van der Waals surface area contributed by atoms with Gasteiger partial charge in [-0.2, -0.15) is 0 Å². The number of carbonyl (C=O) groups excluding carboxylic acids is 1. The Bertz CT molecular complexity index is 140. The standard InChI is InChI=1S/C8H18O.C6H12O2/c1-2-3-4-5-6-7-8-9;1-3-4-5-8-6(2)7/h9H,2-8H2,1H3;3-5H2,1-2H3. The molecule has 17 heavy (non-hydrogen) atoms. The van der Waals surface area contributed by atoms with E-state index in [1.807, 2.05) is 0 Å². The smallest absolute Gasteiger partial charge is 0.302 e. The fraction of sp³-hybridized carbons (Fsp3) is 0.929. The van der Waals surface area contributed by atoms with Crippen LogP contribution in [0, 0.1) is 0 Å². The van der Waals surface area contributed by atoms with Crippen molar-refractivity contribution < 1.29 is 14.6 Å². The first-order chi connectivity index (χ1) is 8.18. The Balaban J connectivity index is 0. The average molecular weight is 246 g/mol. The summed E-state index contributed by atoms with van der Waals surface area (Å²) < 4.78 is 4.64. The van der Waals surface area contributed by atoms with E-state index in [0.717, 1.165) is 19.3 Å². The second-order valence-corrected chi connectivity index (χ2v) is 4.18. The number of esters is 1. The summed E-state index contributed by atoms with van der Waals surface area (Å²) in [4.78, 5) is 10.1. The average Bonchev–Trinajstić information content (AvgIpc) is 2.30. The van der Waals surface area contributed by atoms with Crippen LogP contribution in [0.5, 0.6) is 0 Å². The van der Waals surface area contributed by atoms with Gasteiger partial charge in [0.15, 0.2) is 0 Å². The van der Waals surface area contributed by atoms with Crippen molar-refractivity contribution in [3.8, 4) is 0 Å². The first kappa shape index (κ1) is 18.8. The SMILES string of the molecule is CCCCCCCCO.CCCCOC(C)=O. The fourth-order valence-corrected chi connectivity index (χ4v) is 1.25. The highest BCUT2D eigenvalue weighted by atomic mass is 16.5. The second-order valence-electron chi connectivity index (χ2n) is 4.18. The van der Waals surface area contributed by atoms with Crippen LogP contribution in [0.4, 0.5) is 0 Å². The number of aliphatic hydroxyl groups excluding tert-OH is 1. The molecule has 0 aliphatic carbocycles. The zero-order chi connectivity index (χ0) is 13.4. The van der Waals surface area contributed by atoms with Crippen LogP contribution in [-0.2, 0) is 9.53 Å². The van der Waals surface area contributed by atoms with Crippen LogP contribution < -0.4 is 0 Å². The lowest BCUT2D eigenvalue weighted by molar-refractivity contribution is -0.141. The highest BCUT2D eigenvalue weighted by Gasteiger charge is 1.88. The minimum absolute atomic E-state index is 0.182. The topological polar surface area (TPSA) is 46.5 Å². The molecule has 0 aromatic carbocycles. The van der Waals surface area contributed by atoms with Crippen molar-refractivity contribution in [3.05, 3.63) is 0 Å². The molecule has 0 unspecified atom stereocenters. The van der Waals surface area contributed by atoms with E-state index in [9.17, 15) is 4.79 Å². The van der Waals surface area contributed by atoms with Crippen molar-refractivity contribution in [3.63, 3.8) is 0 Å². The van der Waals surface area contributed by atoms with Crippen molar-refractivity contribution in [2.45, 2.75) is 72.1 Å². The van der Waals surface area contributed by atoms with Gasteiger partial charge in [-0.25, -0.2) is 0 Å². The maximum atomic E-state index is 10.1. The Morgan fingerprint density at radius 3 is 1.94 bits per heavy atom. The summed E-state index contributed by atoms with van der Waals surface area (Å²) in [5.41, 5.74) is 0. The Hall–Kier alpha value is -0.570. The zero-order valence-corrected chi connectivity index (χ0v) is 11.8. The summed E-state index contributed by atoms with van der Waals surface area (Å²) >= 11 is 0. The van der Waals surface area contributed by atoms with E-state index in [-0.39, 0.29) is 5.97 Å². The van der Waals surface area contributed by atoms with Gasteiger partial charge in [-0.15, -0.1) is 0 Å². The lowest BCUT2D eigenvalue weighted by Crippen LogP contribution is -1.99. The monoisotopic (exact) mass is 246 g/mol. The van der Waals surface area contributed by atoms with E-state index < -0.39 is 0 Å². The van der Waals surface area contributed by atoms with Crippen LogP contribution in [-0.4, -0.2) is 24.3 Å². The summed E-state index contributed by atoms with van der Waals surface area (Å²) in [5.74, 6) is -0.182. The van der Waals surface area contributed by atoms with Gasteiger partial charge in [0.05, 0.1) is 6.61 Å². The van der Waals surface area contributed by atoms with Crippen molar-refractivity contribution >= 4 is 5.97 Å². The predicted octanol–water partition coefficient (Wildman–Crippen LogP) is 3.69. The molecule has 1 N–H and O–H groups in total. The van der Waals surface area contributed by atoms with Gasteiger partial charge in [-0.3, -0.25) is 4.79 Å². The van der Waals surface area contributed by atoms with Crippen LogP contribution in [0.25, 0.3) is 0 Å². The number of hydrogen-bond donors (Lipinski definition) is 1. The molecule has 0 aliphatic rings. The number of rotatable bonds is 9. The third kappa shape index (κ3) is 25.6. The highest BCUT2D eigenvalue weighted by molar-refractivity contribution is 5.65. The predicted molar refractivity (Wildman–Crippen MR) is 72.0 cm³/mol. The van der Waals surface area contributed by atoms with E-state index in [4.69, 9.17) is 5.11 Å². The van der Waals surface area contributed by atoms with E-state index in [0.29, 0.717) is 13.2 Å². The van der Waals surface area contributed by atoms with E-state index in [1.165, 1.54) is 39.0 Å². The molecule has 0 bridgehead atoms. The van der Waals surface area contributed by atoms with Gasteiger partial charge in [-0.1, -0.05) is 52.4 Å². The molecule has 0 atom stereocenters. The lowest BCUT2D eigenvalue weighted by Gasteiger charge is -1.96. The minimum Gasteiger partial charge on any atom is -0.466 e. The molecule has 0 saturated carbocycles. The molecular weight excluding hydrogens is 216 g/mol. The Kier molecular flexibility index (Phi) is 19.7. The summed E-state index contributed by atoms with van der Waals surface area (Å²) in [5, 5.41) is 8.42. The van der Waals surface area contributed by atoms with Crippen molar-refractivity contribution in [2.24, 2.45) is 0 Å². The van der Waals surface area contributed by atoms with Gasteiger partial charge < -0.3 is 9.84 Å². The van der Waals surface area contributed by atoms with Gasteiger partial charge in [-0.05, 0) is 12.8 Å². The van der Waals surface area contributed by atoms with Crippen LogP contribution in [0.2, 0.25) is 0 Å². The molecule has 0 saturated heterocycles. The Morgan fingerprint density at radius 2 is 1.47 bits per heavy atom. The fourth-order valence-electron chi connectivity index (χ4n) is 1.25. The van der Waals surface area contributed by atoms with Crippen LogP contribution in [0.15, 0.2) is 0 Å². The number of hydrogen-bond acceptors (Lipinski definition) is 3. The third-order valence-electron chi connectivity index (χ3n) is 2.31. The van der Waals surface area contributed by atoms with E-state index in [2.05, 4.69) is 18.6 Å². The van der Waals surface area contributed by atoms with Crippen LogP contribution >= 0.6 is 0 Å². The van der Waals surface area contributed by atoms with E-state index >= 15 is 0 Å². The second kappa shape index (κ2) is 17.8. The molecule has 0 radical (unpaired) electrons. The first-order valence-corrected chi connectivity index (χ1v) is 6.93. The Labute approximate surface area is 107 Å². The van der Waals surface area contributed by atoms with Gasteiger partial charge in [0.1, 0.15) is 0 Å². The molecule has 3 heteroatoms. The molecule has 0 amide bonds. The first-order valence-electron chi connectivity index (χ1n) is 6.93. The van der Waals surface area contributed by atoms with Crippen molar-refractivity contribution in [1.82, 2.24) is 0 Å².